The minimum Gasteiger partial charge on any atom is -0.462 e. The first-order valence-electron chi connectivity index (χ1n) is 22.4. The Morgan fingerprint density at radius 1 is 0.689 bits per heavy atom. The molecule has 6 atom stereocenters. The van der Waals surface area contributed by atoms with Gasteiger partial charge in [-0.15, -0.1) is 0 Å². The molecule has 0 aromatic carbocycles. The fourth-order valence-corrected chi connectivity index (χ4v) is 7.55. The van der Waals surface area contributed by atoms with Gasteiger partial charge in [-0.1, -0.05) is 127 Å². The van der Waals surface area contributed by atoms with E-state index in [1.165, 1.54) is 25.7 Å². The Kier molecular flexibility index (Phi) is 32.6. The third kappa shape index (κ3) is 33.0. The number of ether oxygens (including phenoxy) is 2. The van der Waals surface area contributed by atoms with E-state index in [1.54, 1.807) is 18.2 Å². The molecule has 1 aliphatic carbocycles. The second-order valence-corrected chi connectivity index (χ2v) is 18.3. The molecule has 1 unspecified atom stereocenters. The van der Waals surface area contributed by atoms with Gasteiger partial charge in [-0.2, -0.15) is 0 Å². The first-order chi connectivity index (χ1) is 29.2. The van der Waals surface area contributed by atoms with Gasteiger partial charge in [0.2, 0.25) is 0 Å². The van der Waals surface area contributed by atoms with Gasteiger partial charge in [0.15, 0.2) is 11.9 Å². The third-order valence-corrected chi connectivity index (χ3v) is 11.4. The van der Waals surface area contributed by atoms with E-state index in [0.29, 0.717) is 32.1 Å². The van der Waals surface area contributed by atoms with E-state index in [0.717, 1.165) is 70.6 Å². The summed E-state index contributed by atoms with van der Waals surface area (Å²) >= 11 is 0. The van der Waals surface area contributed by atoms with Crippen LogP contribution in [0.2, 0.25) is 0 Å². The topological polar surface area (TPSA) is 233 Å². The summed E-state index contributed by atoms with van der Waals surface area (Å²) < 4.78 is 47.8. The Labute approximate surface area is 364 Å². The van der Waals surface area contributed by atoms with Crippen molar-refractivity contribution in [1.82, 2.24) is 0 Å². The average molecular weight is 907 g/mol. The van der Waals surface area contributed by atoms with Gasteiger partial charge in [-0.25, -0.2) is 9.13 Å². The molecule has 15 nitrogen and oxygen atoms in total. The lowest BCUT2D eigenvalue weighted by molar-refractivity contribution is -0.161. The van der Waals surface area contributed by atoms with Crippen molar-refractivity contribution in [3.8, 4) is 0 Å². The summed E-state index contributed by atoms with van der Waals surface area (Å²) in [6.07, 6.45) is 31.6. The molecule has 0 spiro atoms. The molecule has 0 aliphatic heterocycles. The lowest BCUT2D eigenvalue weighted by atomic mass is 9.90. The van der Waals surface area contributed by atoms with Crippen LogP contribution in [0.15, 0.2) is 48.6 Å². The maximum absolute atomic E-state index is 12.7. The van der Waals surface area contributed by atoms with Gasteiger partial charge in [-0.05, 0) is 69.8 Å². The number of carbonyl (C=O) groups is 3. The molecule has 61 heavy (non-hydrogen) atoms. The minimum absolute atomic E-state index is 0.00943. The van der Waals surface area contributed by atoms with E-state index in [4.69, 9.17) is 23.8 Å². The molecular formula is C44H76O15P2. The highest BCUT2D eigenvalue weighted by atomic mass is 31.2. The maximum atomic E-state index is 12.7. The summed E-state index contributed by atoms with van der Waals surface area (Å²) in [6, 6.07) is 0. The van der Waals surface area contributed by atoms with E-state index < -0.39 is 72.3 Å². The Morgan fingerprint density at radius 3 is 1.92 bits per heavy atom. The van der Waals surface area contributed by atoms with Crippen molar-refractivity contribution in [3.63, 3.8) is 0 Å². The Hall–Kier alpha value is -2.29. The summed E-state index contributed by atoms with van der Waals surface area (Å²) in [7, 11) is -9.75. The quantitative estimate of drug-likeness (QED) is 0.0168. The number of carbonyl (C=O) groups excluding carboxylic acids is 3. The lowest BCUT2D eigenvalue weighted by Crippen LogP contribution is -2.30. The molecule has 5 N–H and O–H groups in total. The number of allylic oxidation sites excluding steroid dienone is 7. The second-order valence-electron chi connectivity index (χ2n) is 15.6. The highest BCUT2D eigenvalue weighted by Crippen LogP contribution is 2.44. The number of unbranched alkanes of at least 4 members (excludes halogenated alkanes) is 14. The standard InChI is InChI=1S/C44H76O15P2/c1-3-5-7-8-9-10-11-12-13-14-15-16-17-18-24-28-44(49)59-40(36-58-61(53,54)57-34-39(46)33-56-60(50,51)52)35-55-43(48)27-23-20-19-22-25-37-29-32-42(47)41(37)31-30-38(45)26-21-6-4-2/h10-11,19,22,29-32,37-41,45-46H,3-9,12-18,20-21,23-28,33-36H2,1-2H3,(H,53,54)(H2,50,51,52)/b11-10-,22-19-,31-30+/t37-,38-,39-,40+,41+/m0/s1. The molecule has 17 heteroatoms. The van der Waals surface area contributed by atoms with Crippen molar-refractivity contribution in [2.75, 3.05) is 26.4 Å². The molecule has 0 heterocycles. The van der Waals surface area contributed by atoms with Crippen LogP contribution >= 0.6 is 15.6 Å². The monoisotopic (exact) mass is 906 g/mol. The molecule has 1 rings (SSSR count). The van der Waals surface area contributed by atoms with Crippen molar-refractivity contribution in [1.29, 1.82) is 0 Å². The highest BCUT2D eigenvalue weighted by molar-refractivity contribution is 7.47. The average Bonchev–Trinajstić information content (AvgIpc) is 3.57. The molecule has 352 valence electrons. The molecule has 0 fully saturated rings. The van der Waals surface area contributed by atoms with Crippen LogP contribution in [0.1, 0.15) is 155 Å². The van der Waals surface area contributed by atoms with Gasteiger partial charge < -0.3 is 34.4 Å². The number of ketones is 1. The van der Waals surface area contributed by atoms with Gasteiger partial charge in [0.25, 0.3) is 0 Å². The Balaban J connectivity index is 2.53. The van der Waals surface area contributed by atoms with Crippen LogP contribution < -0.4 is 0 Å². The van der Waals surface area contributed by atoms with Crippen molar-refractivity contribution in [2.45, 2.75) is 173 Å². The van der Waals surface area contributed by atoms with E-state index >= 15 is 0 Å². The van der Waals surface area contributed by atoms with Crippen LogP contribution in [-0.2, 0) is 46.6 Å². The van der Waals surface area contributed by atoms with Gasteiger partial charge in [0.05, 0.1) is 25.9 Å². The Morgan fingerprint density at radius 2 is 1.25 bits per heavy atom. The van der Waals surface area contributed by atoms with E-state index in [9.17, 15) is 38.6 Å². The zero-order valence-electron chi connectivity index (χ0n) is 36.6. The fourth-order valence-electron chi connectivity index (χ4n) is 6.39. The fraction of sp³-hybridized carbons (Fsp3) is 0.750. The highest BCUT2D eigenvalue weighted by Gasteiger charge is 2.29. The predicted molar refractivity (Wildman–Crippen MR) is 234 cm³/mol. The molecule has 0 bridgehead atoms. The van der Waals surface area contributed by atoms with Crippen LogP contribution in [-0.4, -0.2) is 87.4 Å². The van der Waals surface area contributed by atoms with Crippen LogP contribution in [0.3, 0.4) is 0 Å². The van der Waals surface area contributed by atoms with Crippen molar-refractivity contribution in [3.05, 3.63) is 48.6 Å². The molecular weight excluding hydrogens is 830 g/mol. The van der Waals surface area contributed by atoms with Gasteiger partial charge in [0.1, 0.15) is 12.7 Å². The molecule has 0 radical (unpaired) electrons. The number of rotatable bonds is 39. The van der Waals surface area contributed by atoms with Crippen LogP contribution in [0.5, 0.6) is 0 Å². The number of phosphoric acid groups is 2. The number of hydrogen-bond donors (Lipinski definition) is 5. The van der Waals surface area contributed by atoms with Crippen LogP contribution in [0.4, 0.5) is 0 Å². The maximum Gasteiger partial charge on any atom is 0.472 e. The van der Waals surface area contributed by atoms with E-state index in [-0.39, 0.29) is 30.5 Å². The van der Waals surface area contributed by atoms with Crippen LogP contribution in [0.25, 0.3) is 0 Å². The summed E-state index contributed by atoms with van der Waals surface area (Å²) in [5, 5.41) is 20.0. The minimum atomic E-state index is -4.89. The number of phosphoric ester groups is 2. The molecule has 0 aromatic heterocycles. The third-order valence-electron chi connectivity index (χ3n) is 9.93. The van der Waals surface area contributed by atoms with E-state index in [2.05, 4.69) is 35.0 Å². The molecule has 1 aliphatic rings. The SMILES string of the molecule is CCCCCC/C=C\CCCCCCCCCC(=O)O[C@H](COC(=O)CCC/C=C\C[C@H]1C=CC(=O)[C@@H]1/C=C/[C@@H](O)CCCCC)COP(=O)(O)OC[C@@H](O)COP(=O)(O)O. The first-order valence-corrected chi connectivity index (χ1v) is 25.4. The van der Waals surface area contributed by atoms with Crippen LogP contribution in [0, 0.1) is 11.8 Å². The smallest absolute Gasteiger partial charge is 0.462 e. The second kappa shape index (κ2) is 35.1. The zero-order valence-corrected chi connectivity index (χ0v) is 38.4. The summed E-state index contributed by atoms with van der Waals surface area (Å²) in [6.45, 7) is 1.42. The van der Waals surface area contributed by atoms with Crippen molar-refractivity contribution >= 4 is 33.4 Å². The summed E-state index contributed by atoms with van der Waals surface area (Å²) in [5.74, 6) is -1.51. The predicted octanol–water partition coefficient (Wildman–Crippen LogP) is 9.07. The first kappa shape index (κ1) is 56.7. The molecule has 0 amide bonds. The number of aliphatic hydroxyl groups excluding tert-OH is 2. The number of aliphatic hydroxyl groups is 2. The van der Waals surface area contributed by atoms with E-state index in [1.807, 2.05) is 18.2 Å². The molecule has 0 saturated carbocycles. The molecule has 0 saturated heterocycles. The number of hydrogen-bond acceptors (Lipinski definition) is 12. The van der Waals surface area contributed by atoms with Crippen molar-refractivity contribution in [2.24, 2.45) is 11.8 Å². The van der Waals surface area contributed by atoms with Crippen molar-refractivity contribution < 1.29 is 71.5 Å². The normalized spacial score (nSPS) is 18.3. The Bertz CT molecular complexity index is 1410. The number of esters is 2. The van der Waals surface area contributed by atoms with Gasteiger partial charge >= 0.3 is 27.6 Å². The largest absolute Gasteiger partial charge is 0.472 e. The molecule has 0 aromatic rings. The van der Waals surface area contributed by atoms with Gasteiger partial charge in [-0.3, -0.25) is 28.0 Å². The van der Waals surface area contributed by atoms with Gasteiger partial charge in [0, 0.05) is 18.8 Å². The lowest BCUT2D eigenvalue weighted by Gasteiger charge is -2.20. The zero-order chi connectivity index (χ0) is 45.2. The summed E-state index contributed by atoms with van der Waals surface area (Å²) in [4.78, 5) is 65.3. The summed E-state index contributed by atoms with van der Waals surface area (Å²) in [5.41, 5.74) is 0.